The van der Waals surface area contributed by atoms with Crippen molar-refractivity contribution in [3.63, 3.8) is 0 Å². The van der Waals surface area contributed by atoms with E-state index < -0.39 is 17.7 Å². The third kappa shape index (κ3) is 2.01. The number of hydrogen-bond acceptors (Lipinski definition) is 5. The van der Waals surface area contributed by atoms with Crippen LogP contribution in [0.3, 0.4) is 0 Å². The maximum absolute atomic E-state index is 11.7. The Hall–Kier alpha value is -1.18. The predicted molar refractivity (Wildman–Crippen MR) is 57.0 cm³/mol. The summed E-state index contributed by atoms with van der Waals surface area (Å²) < 4.78 is 0. The van der Waals surface area contributed by atoms with E-state index in [-0.39, 0.29) is 12.5 Å². The van der Waals surface area contributed by atoms with Crippen molar-refractivity contribution in [2.24, 2.45) is 11.5 Å². The molecule has 2 heterocycles. The molecule has 2 saturated heterocycles. The molecule has 0 saturated carbocycles. The molecule has 0 aliphatic carbocycles. The molecule has 0 spiro atoms. The Balaban J connectivity index is 2.16. The zero-order valence-electron chi connectivity index (χ0n) is 9.03. The van der Waals surface area contributed by atoms with Crippen LogP contribution >= 0.6 is 0 Å². The van der Waals surface area contributed by atoms with Crippen LogP contribution in [0.5, 0.6) is 0 Å². The Kier molecular flexibility index (Phi) is 2.83. The Bertz CT molecular complexity index is 311. The highest BCUT2D eigenvalue weighted by Gasteiger charge is 2.43. The van der Waals surface area contributed by atoms with Crippen molar-refractivity contribution in [3.8, 4) is 0 Å². The lowest BCUT2D eigenvalue weighted by atomic mass is 10.0. The number of urea groups is 1. The average molecular weight is 227 g/mol. The lowest BCUT2D eigenvalue weighted by molar-refractivity contribution is -0.125. The lowest BCUT2D eigenvalue weighted by Crippen LogP contribution is -2.74. The van der Waals surface area contributed by atoms with E-state index in [9.17, 15) is 9.59 Å². The topological polar surface area (TPSA) is 113 Å². The van der Waals surface area contributed by atoms with Crippen LogP contribution in [0.25, 0.3) is 0 Å². The first-order valence-corrected chi connectivity index (χ1v) is 5.42. The average Bonchev–Trinajstić information content (AvgIpc) is 2.15. The normalized spacial score (nSPS) is 26.8. The zero-order chi connectivity index (χ0) is 11.8. The van der Waals surface area contributed by atoms with Crippen LogP contribution in [0.1, 0.15) is 19.3 Å². The number of nitrogens with one attached hydrogen (secondary N) is 2. The maximum atomic E-state index is 11.7. The standard InChI is InChI=1S/C9H17N5O2/c10-9(11)5-7(15)13-8(16)14(9)6-1-3-12-4-2-6/h6,12H,1-5,10-11H2,(H,13,15,16). The van der Waals surface area contributed by atoms with Crippen LogP contribution in [0.4, 0.5) is 4.79 Å². The van der Waals surface area contributed by atoms with E-state index in [1.165, 1.54) is 4.90 Å². The molecular weight excluding hydrogens is 210 g/mol. The van der Waals surface area contributed by atoms with Gasteiger partial charge in [-0.1, -0.05) is 0 Å². The summed E-state index contributed by atoms with van der Waals surface area (Å²) in [4.78, 5) is 24.3. The Morgan fingerprint density at radius 3 is 2.44 bits per heavy atom. The van der Waals surface area contributed by atoms with Crippen molar-refractivity contribution in [2.75, 3.05) is 13.1 Å². The van der Waals surface area contributed by atoms with Gasteiger partial charge < -0.3 is 5.32 Å². The van der Waals surface area contributed by atoms with E-state index in [0.29, 0.717) is 0 Å². The van der Waals surface area contributed by atoms with E-state index in [4.69, 9.17) is 11.5 Å². The highest BCUT2D eigenvalue weighted by Crippen LogP contribution is 2.21. The van der Waals surface area contributed by atoms with Gasteiger partial charge in [0.15, 0.2) is 5.79 Å². The van der Waals surface area contributed by atoms with Gasteiger partial charge in [-0.3, -0.25) is 26.5 Å². The Morgan fingerprint density at radius 2 is 1.88 bits per heavy atom. The Labute approximate surface area is 93.5 Å². The third-order valence-electron chi connectivity index (χ3n) is 3.03. The van der Waals surface area contributed by atoms with E-state index in [1.807, 2.05) is 0 Å². The molecule has 7 nitrogen and oxygen atoms in total. The first kappa shape index (κ1) is 11.3. The van der Waals surface area contributed by atoms with Gasteiger partial charge in [-0.25, -0.2) is 4.79 Å². The van der Waals surface area contributed by atoms with Crippen LogP contribution in [-0.4, -0.2) is 41.8 Å². The van der Waals surface area contributed by atoms with Gasteiger partial charge in [-0.15, -0.1) is 0 Å². The predicted octanol–water partition coefficient (Wildman–Crippen LogP) is -1.75. The van der Waals surface area contributed by atoms with Gasteiger partial charge in [0.2, 0.25) is 5.91 Å². The van der Waals surface area contributed by atoms with Crippen LogP contribution in [-0.2, 0) is 4.79 Å². The summed E-state index contributed by atoms with van der Waals surface area (Å²) in [6, 6.07) is -0.475. The zero-order valence-corrected chi connectivity index (χ0v) is 9.03. The summed E-state index contributed by atoms with van der Waals surface area (Å²) in [5.74, 6) is -1.78. The minimum Gasteiger partial charge on any atom is -0.317 e. The molecule has 0 aromatic carbocycles. The van der Waals surface area contributed by atoms with Gasteiger partial charge in [0, 0.05) is 6.04 Å². The summed E-state index contributed by atoms with van der Waals surface area (Å²) in [5, 5.41) is 5.45. The van der Waals surface area contributed by atoms with Gasteiger partial charge in [0.05, 0.1) is 6.42 Å². The lowest BCUT2D eigenvalue weighted by Gasteiger charge is -2.46. The van der Waals surface area contributed by atoms with Crippen molar-refractivity contribution in [3.05, 3.63) is 0 Å². The largest absolute Gasteiger partial charge is 0.326 e. The number of amides is 3. The molecule has 7 heteroatoms. The smallest absolute Gasteiger partial charge is 0.317 e. The number of nitrogens with zero attached hydrogens (tertiary/aromatic N) is 1. The van der Waals surface area contributed by atoms with Crippen LogP contribution in [0.15, 0.2) is 0 Å². The summed E-state index contributed by atoms with van der Waals surface area (Å²) in [7, 11) is 0. The second-order valence-electron chi connectivity index (χ2n) is 4.37. The molecule has 0 unspecified atom stereocenters. The third-order valence-corrected chi connectivity index (χ3v) is 3.03. The molecule has 6 N–H and O–H groups in total. The molecule has 0 atom stereocenters. The molecule has 0 aromatic heterocycles. The number of carbonyl (C=O) groups is 2. The summed E-state index contributed by atoms with van der Waals surface area (Å²) >= 11 is 0. The van der Waals surface area contributed by atoms with Crippen molar-refractivity contribution >= 4 is 11.9 Å². The van der Waals surface area contributed by atoms with E-state index in [0.717, 1.165) is 25.9 Å². The molecule has 2 rings (SSSR count). The second kappa shape index (κ2) is 4.00. The fraction of sp³-hybridized carbons (Fsp3) is 0.778. The van der Waals surface area contributed by atoms with Crippen LogP contribution in [0, 0.1) is 0 Å². The van der Waals surface area contributed by atoms with Crippen molar-refractivity contribution in [1.82, 2.24) is 15.5 Å². The van der Waals surface area contributed by atoms with E-state index in [2.05, 4.69) is 10.6 Å². The molecule has 0 bridgehead atoms. The van der Waals surface area contributed by atoms with Crippen molar-refractivity contribution in [1.29, 1.82) is 0 Å². The number of nitrogens with two attached hydrogens (primary N) is 2. The summed E-state index contributed by atoms with van der Waals surface area (Å²) in [6.45, 7) is 1.66. The van der Waals surface area contributed by atoms with Crippen molar-refractivity contribution < 1.29 is 9.59 Å². The first-order valence-electron chi connectivity index (χ1n) is 5.42. The molecule has 0 aromatic rings. The first-order chi connectivity index (χ1) is 7.50. The number of piperidine rings is 1. The fourth-order valence-electron chi connectivity index (χ4n) is 2.33. The second-order valence-corrected chi connectivity index (χ2v) is 4.37. The fourth-order valence-corrected chi connectivity index (χ4v) is 2.33. The molecule has 16 heavy (non-hydrogen) atoms. The molecule has 2 aliphatic heterocycles. The van der Waals surface area contributed by atoms with Gasteiger partial charge in [0.25, 0.3) is 0 Å². The van der Waals surface area contributed by atoms with Crippen LogP contribution < -0.4 is 22.1 Å². The van der Waals surface area contributed by atoms with Gasteiger partial charge in [-0.05, 0) is 25.9 Å². The number of imide groups is 1. The highest BCUT2D eigenvalue weighted by molar-refractivity contribution is 5.97. The number of rotatable bonds is 1. The van der Waals surface area contributed by atoms with Crippen LogP contribution in [0.2, 0.25) is 0 Å². The van der Waals surface area contributed by atoms with Gasteiger partial charge in [-0.2, -0.15) is 0 Å². The molecule has 90 valence electrons. The quantitative estimate of drug-likeness (QED) is 0.397. The molecular formula is C9H17N5O2. The highest BCUT2D eigenvalue weighted by atomic mass is 16.2. The molecule has 2 fully saturated rings. The summed E-state index contributed by atoms with van der Waals surface area (Å²) in [5.41, 5.74) is 11.7. The number of hydrogen-bond donors (Lipinski definition) is 4. The van der Waals surface area contributed by atoms with E-state index in [1.54, 1.807) is 0 Å². The number of carbonyl (C=O) groups excluding carboxylic acids is 2. The minimum atomic E-state index is -1.36. The van der Waals surface area contributed by atoms with Crippen molar-refractivity contribution in [2.45, 2.75) is 31.1 Å². The van der Waals surface area contributed by atoms with Gasteiger partial charge >= 0.3 is 6.03 Å². The minimum absolute atomic E-state index is 0.00403. The monoisotopic (exact) mass is 227 g/mol. The molecule has 2 aliphatic rings. The van der Waals surface area contributed by atoms with E-state index >= 15 is 0 Å². The van der Waals surface area contributed by atoms with Gasteiger partial charge in [0.1, 0.15) is 0 Å². The molecule has 3 amide bonds. The Morgan fingerprint density at radius 1 is 1.25 bits per heavy atom. The maximum Gasteiger partial charge on any atom is 0.326 e. The summed E-state index contributed by atoms with van der Waals surface area (Å²) in [6.07, 6.45) is 1.55. The SMILES string of the molecule is NC1(N)CC(=O)NC(=O)N1C1CCNCC1. The molecule has 0 radical (unpaired) electrons.